The van der Waals surface area contributed by atoms with Gasteiger partial charge >= 0.3 is 5.97 Å². The Morgan fingerprint density at radius 3 is 2.35 bits per heavy atom. The molecule has 0 fully saturated rings. The van der Waals surface area contributed by atoms with Crippen LogP contribution in [-0.2, 0) is 6.54 Å². The zero-order valence-electron chi connectivity index (χ0n) is 12.9. The highest BCUT2D eigenvalue weighted by atomic mass is 19.1. The van der Waals surface area contributed by atoms with Gasteiger partial charge < -0.3 is 10.4 Å². The van der Waals surface area contributed by atoms with Crippen LogP contribution in [0.3, 0.4) is 0 Å². The van der Waals surface area contributed by atoms with E-state index >= 15 is 0 Å². The number of hydrogen-bond donors (Lipinski definition) is 2. The second-order valence-electron chi connectivity index (χ2n) is 7.09. The van der Waals surface area contributed by atoms with Gasteiger partial charge in [-0.15, -0.1) is 0 Å². The zero-order valence-corrected chi connectivity index (χ0v) is 12.9. The molecule has 0 unspecified atom stereocenters. The number of aromatic carboxylic acids is 1. The normalized spacial score (nSPS) is 12.5. The molecule has 0 aliphatic rings. The van der Waals surface area contributed by atoms with E-state index in [1.54, 1.807) is 0 Å². The van der Waals surface area contributed by atoms with E-state index in [9.17, 15) is 9.18 Å². The largest absolute Gasteiger partial charge is 0.478 e. The van der Waals surface area contributed by atoms with Crippen LogP contribution in [0.4, 0.5) is 4.39 Å². The summed E-state index contributed by atoms with van der Waals surface area (Å²) < 4.78 is 13.7. The fraction of sp³-hybridized carbons (Fsp3) is 0.562. The lowest BCUT2D eigenvalue weighted by molar-refractivity contribution is 0.0696. The maximum atomic E-state index is 13.7. The molecule has 0 atom stereocenters. The van der Waals surface area contributed by atoms with E-state index < -0.39 is 5.97 Å². The molecule has 2 N–H and O–H groups in total. The summed E-state index contributed by atoms with van der Waals surface area (Å²) in [5.41, 5.74) is 0.505. The quantitative estimate of drug-likeness (QED) is 0.862. The summed E-state index contributed by atoms with van der Waals surface area (Å²) >= 11 is 0. The number of rotatable bonds is 5. The van der Waals surface area contributed by atoms with Crippen molar-refractivity contribution >= 4 is 5.97 Å². The third-order valence-electron chi connectivity index (χ3n) is 3.02. The summed E-state index contributed by atoms with van der Waals surface area (Å²) in [7, 11) is 0. The molecule has 1 aromatic carbocycles. The van der Waals surface area contributed by atoms with Crippen molar-refractivity contribution in [2.45, 2.75) is 53.1 Å². The Labute approximate surface area is 120 Å². The lowest BCUT2D eigenvalue weighted by Crippen LogP contribution is -2.42. The molecule has 0 aliphatic carbocycles. The van der Waals surface area contributed by atoms with E-state index in [4.69, 9.17) is 5.11 Å². The molecule has 4 heteroatoms. The zero-order chi connectivity index (χ0) is 15.6. The number of halogens is 1. The van der Waals surface area contributed by atoms with Gasteiger partial charge in [-0.3, -0.25) is 0 Å². The Bertz CT molecular complexity index is 490. The predicted octanol–water partition coefficient (Wildman–Crippen LogP) is 3.83. The highest BCUT2D eigenvalue weighted by Gasteiger charge is 2.25. The van der Waals surface area contributed by atoms with Crippen molar-refractivity contribution in [3.63, 3.8) is 0 Å². The first-order valence-electron chi connectivity index (χ1n) is 6.77. The number of hydrogen-bond acceptors (Lipinski definition) is 2. The first-order valence-corrected chi connectivity index (χ1v) is 6.77. The number of carboxylic acid groups (broad SMARTS) is 1. The Hall–Kier alpha value is -1.42. The number of nitrogens with one attached hydrogen (secondary N) is 1. The van der Waals surface area contributed by atoms with Gasteiger partial charge in [-0.05, 0) is 43.9 Å². The van der Waals surface area contributed by atoms with E-state index in [2.05, 4.69) is 39.9 Å². The molecule has 1 aromatic rings. The SMILES string of the molecule is CC(C)(C)CC(C)(C)NCc1cc(C(=O)O)ccc1F. The van der Waals surface area contributed by atoms with E-state index in [0.29, 0.717) is 12.1 Å². The standard InChI is InChI=1S/C16H24FNO2/c1-15(2,3)10-16(4,5)18-9-12-8-11(14(19)20)6-7-13(12)17/h6-8,18H,9-10H2,1-5H3,(H,19,20). The van der Waals surface area contributed by atoms with Crippen LogP contribution in [0.25, 0.3) is 0 Å². The van der Waals surface area contributed by atoms with Crippen LogP contribution in [0, 0.1) is 11.2 Å². The fourth-order valence-corrected chi connectivity index (χ4v) is 2.57. The average molecular weight is 281 g/mol. The summed E-state index contributed by atoms with van der Waals surface area (Å²) in [4.78, 5) is 10.9. The van der Waals surface area contributed by atoms with Gasteiger partial charge in [0.1, 0.15) is 5.82 Å². The fourth-order valence-electron chi connectivity index (χ4n) is 2.57. The van der Waals surface area contributed by atoms with Crippen molar-refractivity contribution in [2.75, 3.05) is 0 Å². The molecule has 112 valence electrons. The van der Waals surface area contributed by atoms with E-state index in [1.807, 2.05) is 0 Å². The summed E-state index contributed by atoms with van der Waals surface area (Å²) in [6.45, 7) is 10.9. The third-order valence-corrected chi connectivity index (χ3v) is 3.02. The van der Waals surface area contributed by atoms with Crippen molar-refractivity contribution in [2.24, 2.45) is 5.41 Å². The van der Waals surface area contributed by atoms with Crippen LogP contribution in [0.1, 0.15) is 57.0 Å². The number of carbonyl (C=O) groups is 1. The van der Waals surface area contributed by atoms with Crippen molar-refractivity contribution in [3.8, 4) is 0 Å². The highest BCUT2D eigenvalue weighted by Crippen LogP contribution is 2.27. The van der Waals surface area contributed by atoms with Gasteiger partial charge in [0.2, 0.25) is 0 Å². The topological polar surface area (TPSA) is 49.3 Å². The molecule has 1 rings (SSSR count). The Balaban J connectivity index is 2.79. The molecule has 0 aromatic heterocycles. The van der Waals surface area contributed by atoms with E-state index in [0.717, 1.165) is 6.42 Å². The van der Waals surface area contributed by atoms with Crippen LogP contribution in [-0.4, -0.2) is 16.6 Å². The minimum Gasteiger partial charge on any atom is -0.478 e. The van der Waals surface area contributed by atoms with Crippen molar-refractivity contribution < 1.29 is 14.3 Å². The molecule has 0 bridgehead atoms. The molecular weight excluding hydrogens is 257 g/mol. The van der Waals surface area contributed by atoms with E-state index in [1.165, 1.54) is 18.2 Å². The van der Waals surface area contributed by atoms with Gasteiger partial charge in [0.15, 0.2) is 0 Å². The minimum absolute atomic E-state index is 0.108. The van der Waals surface area contributed by atoms with Crippen molar-refractivity contribution in [3.05, 3.63) is 35.1 Å². The van der Waals surface area contributed by atoms with Crippen LogP contribution < -0.4 is 5.32 Å². The van der Waals surface area contributed by atoms with Gasteiger partial charge in [0, 0.05) is 17.6 Å². The smallest absolute Gasteiger partial charge is 0.335 e. The monoisotopic (exact) mass is 281 g/mol. The van der Waals surface area contributed by atoms with Gasteiger partial charge in [-0.1, -0.05) is 20.8 Å². The predicted molar refractivity (Wildman–Crippen MR) is 78.4 cm³/mol. The van der Waals surface area contributed by atoms with Gasteiger partial charge in [0.05, 0.1) is 5.56 Å². The molecule has 0 spiro atoms. The first-order chi connectivity index (χ1) is 9.00. The van der Waals surface area contributed by atoms with Gasteiger partial charge in [-0.25, -0.2) is 9.18 Å². The van der Waals surface area contributed by atoms with Crippen LogP contribution in [0.5, 0.6) is 0 Å². The number of benzene rings is 1. The highest BCUT2D eigenvalue weighted by molar-refractivity contribution is 5.87. The minimum atomic E-state index is -1.04. The molecule has 0 saturated carbocycles. The summed E-state index contributed by atoms with van der Waals surface area (Å²) in [6.07, 6.45) is 0.931. The lowest BCUT2D eigenvalue weighted by Gasteiger charge is -2.33. The Morgan fingerprint density at radius 2 is 1.85 bits per heavy atom. The average Bonchev–Trinajstić information content (AvgIpc) is 2.24. The molecule has 0 radical (unpaired) electrons. The summed E-state index contributed by atoms with van der Waals surface area (Å²) in [6, 6.07) is 3.87. The van der Waals surface area contributed by atoms with Gasteiger partial charge in [0.25, 0.3) is 0 Å². The molecule has 20 heavy (non-hydrogen) atoms. The summed E-state index contributed by atoms with van der Waals surface area (Å²) in [5, 5.41) is 12.2. The molecule has 0 aliphatic heterocycles. The molecule has 0 amide bonds. The Morgan fingerprint density at radius 1 is 1.25 bits per heavy atom. The van der Waals surface area contributed by atoms with Crippen molar-refractivity contribution in [1.29, 1.82) is 0 Å². The van der Waals surface area contributed by atoms with E-state index in [-0.39, 0.29) is 22.3 Å². The first kappa shape index (κ1) is 16.6. The molecule has 0 heterocycles. The third kappa shape index (κ3) is 5.29. The second kappa shape index (κ2) is 5.92. The Kier molecular flexibility index (Phi) is 4.92. The molecule has 3 nitrogen and oxygen atoms in total. The van der Waals surface area contributed by atoms with Gasteiger partial charge in [-0.2, -0.15) is 0 Å². The maximum Gasteiger partial charge on any atom is 0.335 e. The summed E-state index contributed by atoms with van der Waals surface area (Å²) in [5.74, 6) is -1.42. The lowest BCUT2D eigenvalue weighted by atomic mass is 9.81. The second-order valence-corrected chi connectivity index (χ2v) is 7.09. The molecule has 0 saturated heterocycles. The maximum absolute atomic E-state index is 13.7. The molecular formula is C16H24FNO2. The van der Waals surface area contributed by atoms with Crippen molar-refractivity contribution in [1.82, 2.24) is 5.32 Å². The number of carboxylic acids is 1. The van der Waals surface area contributed by atoms with Crippen LogP contribution >= 0.6 is 0 Å². The van der Waals surface area contributed by atoms with Crippen LogP contribution in [0.2, 0.25) is 0 Å². The van der Waals surface area contributed by atoms with Crippen LogP contribution in [0.15, 0.2) is 18.2 Å².